The number of nitrogens with zero attached hydrogens (tertiary/aromatic N) is 3. The monoisotopic (exact) mass is 274 g/mol. The Balaban J connectivity index is 2.07. The van der Waals surface area contributed by atoms with Crippen molar-refractivity contribution in [2.75, 3.05) is 40.8 Å². The summed E-state index contributed by atoms with van der Waals surface area (Å²) in [6.45, 7) is 3.29. The molecule has 0 amide bonds. The van der Waals surface area contributed by atoms with Gasteiger partial charge in [0.1, 0.15) is 0 Å². The van der Waals surface area contributed by atoms with Crippen LogP contribution in [0.1, 0.15) is 24.4 Å². The Bertz CT molecular complexity index is 421. The molecule has 0 radical (unpaired) electrons. The molecule has 0 bridgehead atoms. The van der Waals surface area contributed by atoms with Crippen molar-refractivity contribution in [1.29, 1.82) is 0 Å². The average molecular weight is 274 g/mol. The quantitative estimate of drug-likeness (QED) is 0.672. The van der Waals surface area contributed by atoms with E-state index >= 15 is 0 Å². The normalized spacial score (nSPS) is 18.1. The lowest BCUT2D eigenvalue weighted by atomic mass is 10.1. The zero-order valence-electron chi connectivity index (χ0n) is 12.8. The highest BCUT2D eigenvalue weighted by Crippen LogP contribution is 2.24. The first-order valence-electron chi connectivity index (χ1n) is 7.39. The minimum Gasteiger partial charge on any atom is -0.354 e. The first kappa shape index (κ1) is 14.9. The molecule has 2 rings (SSSR count). The molecule has 1 atom stereocenters. The molecule has 1 fully saturated rings. The number of benzene rings is 1. The fourth-order valence-electron chi connectivity index (χ4n) is 2.81. The van der Waals surface area contributed by atoms with Crippen LogP contribution in [-0.4, -0.2) is 56.5 Å². The van der Waals surface area contributed by atoms with Gasteiger partial charge in [0, 0.05) is 27.7 Å². The molecule has 1 unspecified atom stereocenters. The maximum Gasteiger partial charge on any atom is 0.193 e. The summed E-state index contributed by atoms with van der Waals surface area (Å²) in [5, 5.41) is 3.48. The summed E-state index contributed by atoms with van der Waals surface area (Å²) in [5.74, 6) is 0.935. The van der Waals surface area contributed by atoms with Gasteiger partial charge in [0.05, 0.1) is 6.04 Å². The standard InChI is InChI=1S/C16H26N4/c1-17-16(19(2)3)18-13-15(20-11-7-8-12-20)14-9-5-4-6-10-14/h4-6,9-10,15H,7-8,11-13H2,1-3H3,(H,17,18). The summed E-state index contributed by atoms with van der Waals surface area (Å²) in [6.07, 6.45) is 2.62. The molecule has 20 heavy (non-hydrogen) atoms. The van der Waals surface area contributed by atoms with Gasteiger partial charge in [-0.2, -0.15) is 0 Å². The molecule has 1 aromatic rings. The van der Waals surface area contributed by atoms with Crippen LogP contribution in [0.3, 0.4) is 0 Å². The Kier molecular flexibility index (Phi) is 5.41. The third kappa shape index (κ3) is 3.73. The highest BCUT2D eigenvalue weighted by atomic mass is 15.3. The summed E-state index contributed by atoms with van der Waals surface area (Å²) in [4.78, 5) is 8.89. The van der Waals surface area contributed by atoms with Gasteiger partial charge in [0.15, 0.2) is 5.96 Å². The van der Waals surface area contributed by atoms with Crippen molar-refractivity contribution in [3.63, 3.8) is 0 Å². The van der Waals surface area contributed by atoms with Crippen molar-refractivity contribution in [2.45, 2.75) is 18.9 Å². The van der Waals surface area contributed by atoms with E-state index in [-0.39, 0.29) is 0 Å². The van der Waals surface area contributed by atoms with Gasteiger partial charge in [-0.15, -0.1) is 0 Å². The lowest BCUT2D eigenvalue weighted by molar-refractivity contribution is 0.244. The maximum absolute atomic E-state index is 4.29. The van der Waals surface area contributed by atoms with Crippen molar-refractivity contribution >= 4 is 5.96 Å². The molecule has 110 valence electrons. The van der Waals surface area contributed by atoms with Crippen molar-refractivity contribution < 1.29 is 0 Å². The molecule has 1 aromatic carbocycles. The third-order valence-electron chi connectivity index (χ3n) is 3.85. The summed E-state index contributed by atoms with van der Waals surface area (Å²) in [5.41, 5.74) is 1.39. The third-order valence-corrected chi connectivity index (χ3v) is 3.85. The molecule has 1 aliphatic rings. The van der Waals surface area contributed by atoms with Gasteiger partial charge >= 0.3 is 0 Å². The Morgan fingerprint density at radius 1 is 1.25 bits per heavy atom. The van der Waals surface area contributed by atoms with E-state index in [0.29, 0.717) is 6.04 Å². The molecule has 4 nitrogen and oxygen atoms in total. The zero-order valence-corrected chi connectivity index (χ0v) is 12.8. The second-order valence-corrected chi connectivity index (χ2v) is 5.49. The van der Waals surface area contributed by atoms with Gasteiger partial charge in [-0.3, -0.25) is 9.89 Å². The van der Waals surface area contributed by atoms with Crippen LogP contribution in [0, 0.1) is 0 Å². The van der Waals surface area contributed by atoms with Crippen LogP contribution >= 0.6 is 0 Å². The summed E-state index contributed by atoms with van der Waals surface area (Å²) in [6, 6.07) is 11.2. The second-order valence-electron chi connectivity index (χ2n) is 5.49. The van der Waals surface area contributed by atoms with Crippen molar-refractivity contribution in [3.05, 3.63) is 35.9 Å². The lowest BCUT2D eigenvalue weighted by Crippen LogP contribution is -2.42. The predicted molar refractivity (Wildman–Crippen MR) is 85.0 cm³/mol. The molecular weight excluding hydrogens is 248 g/mol. The number of rotatable bonds is 4. The number of aliphatic imine (C=N–C) groups is 1. The van der Waals surface area contributed by atoms with E-state index in [1.165, 1.54) is 31.5 Å². The zero-order chi connectivity index (χ0) is 14.4. The predicted octanol–water partition coefficient (Wildman–Crippen LogP) is 1.96. The van der Waals surface area contributed by atoms with Crippen LogP contribution in [-0.2, 0) is 0 Å². The smallest absolute Gasteiger partial charge is 0.193 e. The van der Waals surface area contributed by atoms with Crippen molar-refractivity contribution in [1.82, 2.24) is 15.1 Å². The largest absolute Gasteiger partial charge is 0.354 e. The Morgan fingerprint density at radius 3 is 2.45 bits per heavy atom. The number of hydrogen-bond donors (Lipinski definition) is 1. The van der Waals surface area contributed by atoms with E-state index in [9.17, 15) is 0 Å². The van der Waals surface area contributed by atoms with Gasteiger partial charge in [-0.05, 0) is 31.5 Å². The first-order chi connectivity index (χ1) is 9.72. The minimum absolute atomic E-state index is 0.426. The fourth-order valence-corrected chi connectivity index (χ4v) is 2.81. The Morgan fingerprint density at radius 2 is 1.90 bits per heavy atom. The molecule has 0 saturated carbocycles. The van der Waals surface area contributed by atoms with Gasteiger partial charge in [0.25, 0.3) is 0 Å². The molecule has 4 heteroatoms. The van der Waals surface area contributed by atoms with E-state index in [1.54, 1.807) is 0 Å². The van der Waals surface area contributed by atoms with E-state index in [0.717, 1.165) is 12.5 Å². The van der Waals surface area contributed by atoms with Gasteiger partial charge in [-0.25, -0.2) is 0 Å². The van der Waals surface area contributed by atoms with Crippen LogP contribution in [0.25, 0.3) is 0 Å². The topological polar surface area (TPSA) is 30.9 Å². The Labute approximate surface area is 122 Å². The number of nitrogens with one attached hydrogen (secondary N) is 1. The molecule has 1 saturated heterocycles. The van der Waals surface area contributed by atoms with Crippen LogP contribution in [0.15, 0.2) is 35.3 Å². The average Bonchev–Trinajstić information content (AvgIpc) is 2.98. The number of hydrogen-bond acceptors (Lipinski definition) is 2. The Hall–Kier alpha value is -1.55. The molecule has 0 spiro atoms. The molecule has 1 heterocycles. The second kappa shape index (κ2) is 7.29. The SMILES string of the molecule is CN=C(NCC(c1ccccc1)N1CCCC1)N(C)C. The van der Waals surface area contributed by atoms with E-state index in [4.69, 9.17) is 0 Å². The molecular formula is C16H26N4. The molecule has 1 N–H and O–H groups in total. The maximum atomic E-state index is 4.29. The highest BCUT2D eigenvalue weighted by Gasteiger charge is 2.23. The van der Waals surface area contributed by atoms with Crippen LogP contribution < -0.4 is 5.32 Å². The number of likely N-dealkylation sites (tertiary alicyclic amines) is 1. The van der Waals surface area contributed by atoms with E-state index < -0.39 is 0 Å². The highest BCUT2D eigenvalue weighted by molar-refractivity contribution is 5.79. The van der Waals surface area contributed by atoms with Crippen LogP contribution in [0.5, 0.6) is 0 Å². The summed E-state index contributed by atoms with van der Waals surface area (Å²) >= 11 is 0. The lowest BCUT2D eigenvalue weighted by Gasteiger charge is -2.29. The van der Waals surface area contributed by atoms with Gasteiger partial charge < -0.3 is 10.2 Å². The summed E-state index contributed by atoms with van der Waals surface area (Å²) in [7, 11) is 5.86. The first-order valence-corrected chi connectivity index (χ1v) is 7.39. The van der Waals surface area contributed by atoms with Crippen molar-refractivity contribution in [3.8, 4) is 0 Å². The van der Waals surface area contributed by atoms with E-state index in [2.05, 4.69) is 45.5 Å². The van der Waals surface area contributed by atoms with E-state index in [1.807, 2.05) is 26.0 Å². The molecule has 0 aliphatic carbocycles. The van der Waals surface area contributed by atoms with Gasteiger partial charge in [0.2, 0.25) is 0 Å². The molecule has 0 aromatic heterocycles. The molecule has 1 aliphatic heterocycles. The van der Waals surface area contributed by atoms with Crippen LogP contribution in [0.2, 0.25) is 0 Å². The van der Waals surface area contributed by atoms with Crippen molar-refractivity contribution in [2.24, 2.45) is 4.99 Å². The summed E-state index contributed by atoms with van der Waals surface area (Å²) < 4.78 is 0. The number of guanidine groups is 1. The fraction of sp³-hybridized carbons (Fsp3) is 0.562. The van der Waals surface area contributed by atoms with Crippen LogP contribution in [0.4, 0.5) is 0 Å². The minimum atomic E-state index is 0.426. The van der Waals surface area contributed by atoms with Gasteiger partial charge in [-0.1, -0.05) is 30.3 Å².